The number of hydrogen-bond acceptors (Lipinski definition) is 2. The Hall–Kier alpha value is -1.30. The number of nitriles is 1. The smallest absolute Gasteiger partial charge is 0.303 e. The van der Waals surface area contributed by atoms with E-state index >= 15 is 0 Å². The molecule has 0 aromatic rings. The molecule has 0 amide bonds. The SMILES string of the molecule is C=CCCC(C#N)CCC(=O)O. The molecule has 3 nitrogen and oxygen atoms in total. The quantitative estimate of drug-likeness (QED) is 0.615. The number of hydrogen-bond donors (Lipinski definition) is 1. The van der Waals surface area contributed by atoms with Crippen LogP contribution in [0.1, 0.15) is 25.7 Å². The van der Waals surface area contributed by atoms with Crippen molar-refractivity contribution < 1.29 is 9.90 Å². The molecule has 0 heterocycles. The number of rotatable bonds is 6. The summed E-state index contributed by atoms with van der Waals surface area (Å²) in [5.41, 5.74) is 0. The number of carbonyl (C=O) groups is 1. The van der Waals surface area contributed by atoms with Crippen molar-refractivity contribution >= 4 is 5.97 Å². The molecular weight excluding hydrogens is 154 g/mol. The molecule has 0 aliphatic rings. The predicted octanol–water partition coefficient (Wildman–Crippen LogP) is 1.96. The van der Waals surface area contributed by atoms with Gasteiger partial charge < -0.3 is 5.11 Å². The van der Waals surface area contributed by atoms with Gasteiger partial charge in [0.15, 0.2) is 0 Å². The number of allylic oxidation sites excluding steroid dienone is 1. The molecule has 0 aromatic carbocycles. The summed E-state index contributed by atoms with van der Waals surface area (Å²) in [5, 5.41) is 16.9. The van der Waals surface area contributed by atoms with Crippen molar-refractivity contribution in [1.82, 2.24) is 0 Å². The van der Waals surface area contributed by atoms with E-state index in [1.54, 1.807) is 6.08 Å². The zero-order valence-electron chi connectivity index (χ0n) is 6.99. The fourth-order valence-corrected chi connectivity index (χ4v) is 0.890. The minimum absolute atomic E-state index is 0.0787. The van der Waals surface area contributed by atoms with Gasteiger partial charge in [0, 0.05) is 12.3 Å². The summed E-state index contributed by atoms with van der Waals surface area (Å²) < 4.78 is 0. The van der Waals surface area contributed by atoms with Crippen LogP contribution in [0.4, 0.5) is 0 Å². The van der Waals surface area contributed by atoms with Crippen LogP contribution in [0, 0.1) is 17.2 Å². The van der Waals surface area contributed by atoms with Crippen LogP contribution < -0.4 is 0 Å². The third kappa shape index (κ3) is 5.48. The second-order valence-electron chi connectivity index (χ2n) is 2.62. The molecule has 0 fully saturated rings. The van der Waals surface area contributed by atoms with Crippen LogP contribution in [0.25, 0.3) is 0 Å². The molecule has 3 heteroatoms. The third-order valence-electron chi connectivity index (χ3n) is 1.61. The van der Waals surface area contributed by atoms with E-state index in [9.17, 15) is 4.79 Å². The first kappa shape index (κ1) is 10.7. The molecule has 0 saturated heterocycles. The van der Waals surface area contributed by atoms with Crippen molar-refractivity contribution in [1.29, 1.82) is 5.26 Å². The first-order valence-electron chi connectivity index (χ1n) is 3.93. The van der Waals surface area contributed by atoms with Gasteiger partial charge in [-0.25, -0.2) is 0 Å². The second-order valence-corrected chi connectivity index (χ2v) is 2.62. The van der Waals surface area contributed by atoms with Gasteiger partial charge in [0.2, 0.25) is 0 Å². The van der Waals surface area contributed by atoms with Gasteiger partial charge in [0.05, 0.1) is 6.07 Å². The maximum Gasteiger partial charge on any atom is 0.303 e. The summed E-state index contributed by atoms with van der Waals surface area (Å²) in [4.78, 5) is 10.2. The van der Waals surface area contributed by atoms with Crippen molar-refractivity contribution in [3.8, 4) is 6.07 Å². The molecule has 0 aliphatic heterocycles. The lowest BCUT2D eigenvalue weighted by Gasteiger charge is -2.03. The van der Waals surface area contributed by atoms with Crippen molar-refractivity contribution in [3.63, 3.8) is 0 Å². The number of nitrogens with zero attached hydrogens (tertiary/aromatic N) is 1. The molecule has 1 unspecified atom stereocenters. The Morgan fingerprint density at radius 3 is 2.75 bits per heavy atom. The van der Waals surface area contributed by atoms with E-state index in [2.05, 4.69) is 12.6 Å². The Kier molecular flexibility index (Phi) is 5.72. The number of aliphatic carboxylic acids is 1. The van der Waals surface area contributed by atoms with Gasteiger partial charge in [-0.3, -0.25) is 4.79 Å². The van der Waals surface area contributed by atoms with Crippen LogP contribution in [0.15, 0.2) is 12.7 Å². The zero-order valence-corrected chi connectivity index (χ0v) is 6.99. The van der Waals surface area contributed by atoms with Crippen LogP contribution in [-0.2, 0) is 4.79 Å². The Labute approximate surface area is 72.3 Å². The number of carboxylic acids is 1. The molecule has 12 heavy (non-hydrogen) atoms. The lowest BCUT2D eigenvalue weighted by Crippen LogP contribution is -2.02. The highest BCUT2D eigenvalue weighted by Gasteiger charge is 2.08. The summed E-state index contributed by atoms with van der Waals surface area (Å²) >= 11 is 0. The normalized spacial score (nSPS) is 11.6. The number of carboxylic acid groups (broad SMARTS) is 1. The Bertz CT molecular complexity index is 193. The van der Waals surface area contributed by atoms with Gasteiger partial charge in [-0.2, -0.15) is 5.26 Å². The van der Waals surface area contributed by atoms with E-state index in [0.29, 0.717) is 12.8 Å². The fraction of sp³-hybridized carbons (Fsp3) is 0.556. The third-order valence-corrected chi connectivity index (χ3v) is 1.61. The lowest BCUT2D eigenvalue weighted by molar-refractivity contribution is -0.137. The van der Waals surface area contributed by atoms with Crippen molar-refractivity contribution in [2.45, 2.75) is 25.7 Å². The molecule has 0 rings (SSSR count). The summed E-state index contributed by atoms with van der Waals surface area (Å²) in [6.07, 6.45) is 3.76. The van der Waals surface area contributed by atoms with E-state index < -0.39 is 5.97 Å². The van der Waals surface area contributed by atoms with E-state index in [4.69, 9.17) is 10.4 Å². The second kappa shape index (κ2) is 6.41. The van der Waals surface area contributed by atoms with E-state index in [0.717, 1.165) is 6.42 Å². The van der Waals surface area contributed by atoms with Crippen molar-refractivity contribution in [2.24, 2.45) is 5.92 Å². The molecule has 1 atom stereocenters. The van der Waals surface area contributed by atoms with Crippen LogP contribution >= 0.6 is 0 Å². The van der Waals surface area contributed by atoms with Gasteiger partial charge >= 0.3 is 5.97 Å². The summed E-state index contributed by atoms with van der Waals surface area (Å²) in [7, 11) is 0. The van der Waals surface area contributed by atoms with Crippen molar-refractivity contribution in [2.75, 3.05) is 0 Å². The standard InChI is InChI=1S/C9H13NO2/c1-2-3-4-8(7-10)5-6-9(11)12/h2,8H,1,3-6H2,(H,11,12). The first-order valence-corrected chi connectivity index (χ1v) is 3.93. The average molecular weight is 167 g/mol. The van der Waals surface area contributed by atoms with E-state index in [1.807, 2.05) is 0 Å². The van der Waals surface area contributed by atoms with Gasteiger partial charge in [-0.15, -0.1) is 6.58 Å². The first-order chi connectivity index (χ1) is 5.70. The maximum absolute atomic E-state index is 10.2. The largest absolute Gasteiger partial charge is 0.481 e. The molecule has 1 N–H and O–H groups in total. The molecule has 0 bridgehead atoms. The highest BCUT2D eigenvalue weighted by atomic mass is 16.4. The molecule has 0 spiro atoms. The minimum Gasteiger partial charge on any atom is -0.481 e. The van der Waals surface area contributed by atoms with Crippen LogP contribution in [0.3, 0.4) is 0 Å². The Morgan fingerprint density at radius 2 is 2.33 bits per heavy atom. The summed E-state index contributed by atoms with van der Waals surface area (Å²) in [6.45, 7) is 3.54. The van der Waals surface area contributed by atoms with E-state index in [1.165, 1.54) is 0 Å². The van der Waals surface area contributed by atoms with Gasteiger partial charge in [0.1, 0.15) is 0 Å². The molecule has 66 valence electrons. The van der Waals surface area contributed by atoms with Crippen molar-refractivity contribution in [3.05, 3.63) is 12.7 Å². The predicted molar refractivity (Wildman–Crippen MR) is 45.4 cm³/mol. The van der Waals surface area contributed by atoms with E-state index in [-0.39, 0.29) is 12.3 Å². The molecule has 0 saturated carbocycles. The molecule has 0 aliphatic carbocycles. The molecular formula is C9H13NO2. The van der Waals surface area contributed by atoms with Crippen LogP contribution in [-0.4, -0.2) is 11.1 Å². The molecule has 0 aromatic heterocycles. The zero-order chi connectivity index (χ0) is 9.40. The summed E-state index contributed by atoms with van der Waals surface area (Å²) in [6, 6.07) is 2.08. The maximum atomic E-state index is 10.2. The highest BCUT2D eigenvalue weighted by Crippen LogP contribution is 2.12. The lowest BCUT2D eigenvalue weighted by atomic mass is 9.99. The topological polar surface area (TPSA) is 61.1 Å². The fourth-order valence-electron chi connectivity index (χ4n) is 0.890. The Morgan fingerprint density at radius 1 is 1.67 bits per heavy atom. The van der Waals surface area contributed by atoms with Gasteiger partial charge in [-0.05, 0) is 19.3 Å². The monoisotopic (exact) mass is 167 g/mol. The van der Waals surface area contributed by atoms with Crippen LogP contribution in [0.2, 0.25) is 0 Å². The van der Waals surface area contributed by atoms with Crippen LogP contribution in [0.5, 0.6) is 0 Å². The minimum atomic E-state index is -0.839. The Balaban J connectivity index is 3.61. The molecule has 0 radical (unpaired) electrons. The van der Waals surface area contributed by atoms with Gasteiger partial charge in [0.25, 0.3) is 0 Å². The average Bonchev–Trinajstić information content (AvgIpc) is 2.05. The highest BCUT2D eigenvalue weighted by molar-refractivity contribution is 5.66. The van der Waals surface area contributed by atoms with Gasteiger partial charge in [-0.1, -0.05) is 6.08 Å². The summed E-state index contributed by atoms with van der Waals surface area (Å²) in [5.74, 6) is -0.979.